The van der Waals surface area contributed by atoms with Gasteiger partial charge in [-0.05, 0) is 38.4 Å². The lowest BCUT2D eigenvalue weighted by atomic mass is 9.75. The molecule has 0 bridgehead atoms. The number of hydrogen-bond donors (Lipinski definition) is 2. The Bertz CT molecular complexity index is 843. The summed E-state index contributed by atoms with van der Waals surface area (Å²) >= 11 is 0. The van der Waals surface area contributed by atoms with Crippen LogP contribution in [0.15, 0.2) is 36.5 Å². The molecule has 1 amide bonds. The van der Waals surface area contributed by atoms with Crippen LogP contribution in [-0.2, 0) is 4.74 Å². The van der Waals surface area contributed by atoms with E-state index in [1.807, 2.05) is 30.3 Å². The summed E-state index contributed by atoms with van der Waals surface area (Å²) in [5.74, 6) is -0.363. The molecule has 2 saturated heterocycles. The summed E-state index contributed by atoms with van der Waals surface area (Å²) in [6, 6.07) is 8.99. The second kappa shape index (κ2) is 7.85. The topological polar surface area (TPSA) is 92.5 Å². The predicted octanol–water partition coefficient (Wildman–Crippen LogP) is 1.39. The molecule has 0 aliphatic carbocycles. The Kier molecular flexibility index (Phi) is 5.42. The Morgan fingerprint density at radius 1 is 1.31 bits per heavy atom. The predicted molar refractivity (Wildman–Crippen MR) is 108 cm³/mol. The molecule has 2 fully saturated rings. The number of aromatic nitrogens is 3. The molecule has 2 atom stereocenters. The molecular formula is C21H29N5O3. The average Bonchev–Trinajstić information content (AvgIpc) is 3.21. The summed E-state index contributed by atoms with van der Waals surface area (Å²) in [6.45, 7) is 7.23. The van der Waals surface area contributed by atoms with Crippen LogP contribution in [0.25, 0.3) is 5.69 Å². The molecule has 8 nitrogen and oxygen atoms in total. The number of piperidine rings is 1. The van der Waals surface area contributed by atoms with Gasteiger partial charge in [0.1, 0.15) is 0 Å². The molecule has 4 rings (SSSR count). The highest BCUT2D eigenvalue weighted by Crippen LogP contribution is 2.39. The first-order valence-electron chi connectivity index (χ1n) is 10.3. The number of aliphatic hydroxyl groups is 1. The van der Waals surface area contributed by atoms with E-state index in [0.29, 0.717) is 6.42 Å². The number of carbonyl (C=O) groups is 1. The SMILES string of the molecule is CCN1CCC2(CC1)C[C@](C)(O)[C@@H](NC(=O)c1cn(-c3ccccc3)nn1)CO2. The molecule has 2 N–H and O–H groups in total. The second-order valence-electron chi connectivity index (χ2n) is 8.37. The molecule has 29 heavy (non-hydrogen) atoms. The van der Waals surface area contributed by atoms with Gasteiger partial charge in [-0.1, -0.05) is 30.3 Å². The number of rotatable bonds is 4. The third-order valence-corrected chi connectivity index (χ3v) is 6.25. The number of carbonyl (C=O) groups excluding carboxylic acids is 1. The fourth-order valence-corrected chi connectivity index (χ4v) is 4.37. The Labute approximate surface area is 170 Å². The van der Waals surface area contributed by atoms with Crippen LogP contribution in [-0.4, -0.2) is 74.4 Å². The van der Waals surface area contributed by atoms with Gasteiger partial charge in [-0.3, -0.25) is 4.79 Å². The average molecular weight is 399 g/mol. The van der Waals surface area contributed by atoms with Gasteiger partial charge in [0.15, 0.2) is 5.69 Å². The number of para-hydroxylation sites is 1. The van der Waals surface area contributed by atoms with Crippen molar-refractivity contribution >= 4 is 5.91 Å². The van der Waals surface area contributed by atoms with E-state index in [1.165, 1.54) is 0 Å². The molecule has 2 aromatic rings. The molecule has 8 heteroatoms. The highest BCUT2D eigenvalue weighted by molar-refractivity contribution is 5.92. The third kappa shape index (κ3) is 4.19. The highest BCUT2D eigenvalue weighted by atomic mass is 16.5. The monoisotopic (exact) mass is 399 g/mol. The fraction of sp³-hybridized carbons (Fsp3) is 0.571. The van der Waals surface area contributed by atoms with Gasteiger partial charge in [-0.15, -0.1) is 5.10 Å². The van der Waals surface area contributed by atoms with E-state index in [9.17, 15) is 9.90 Å². The minimum Gasteiger partial charge on any atom is -0.388 e. The first-order chi connectivity index (χ1) is 13.9. The number of hydrogen-bond acceptors (Lipinski definition) is 6. The van der Waals surface area contributed by atoms with E-state index in [4.69, 9.17) is 4.74 Å². The molecule has 2 aliphatic rings. The summed E-state index contributed by atoms with van der Waals surface area (Å²) < 4.78 is 7.77. The van der Waals surface area contributed by atoms with Crippen LogP contribution in [0.3, 0.4) is 0 Å². The van der Waals surface area contributed by atoms with Gasteiger partial charge < -0.3 is 20.1 Å². The van der Waals surface area contributed by atoms with E-state index in [-0.39, 0.29) is 23.8 Å². The molecule has 156 valence electrons. The van der Waals surface area contributed by atoms with Crippen molar-refractivity contribution in [1.29, 1.82) is 0 Å². The van der Waals surface area contributed by atoms with Crippen LogP contribution < -0.4 is 5.32 Å². The minimum atomic E-state index is -1.04. The Balaban J connectivity index is 1.40. The largest absolute Gasteiger partial charge is 0.388 e. The van der Waals surface area contributed by atoms with Crippen molar-refractivity contribution in [3.05, 3.63) is 42.2 Å². The van der Waals surface area contributed by atoms with Crippen molar-refractivity contribution in [2.45, 2.75) is 50.4 Å². The zero-order valence-electron chi connectivity index (χ0n) is 17.0. The molecule has 0 saturated carbocycles. The Hall–Kier alpha value is -2.29. The molecule has 1 aromatic heterocycles. The second-order valence-corrected chi connectivity index (χ2v) is 8.37. The number of nitrogens with one attached hydrogen (secondary N) is 1. The van der Waals surface area contributed by atoms with Crippen LogP contribution in [0, 0.1) is 0 Å². The molecule has 0 unspecified atom stereocenters. The molecule has 2 aliphatic heterocycles. The number of likely N-dealkylation sites (tertiary alicyclic amines) is 1. The maximum Gasteiger partial charge on any atom is 0.273 e. The van der Waals surface area contributed by atoms with Crippen LogP contribution in [0.2, 0.25) is 0 Å². The Morgan fingerprint density at radius 2 is 2.03 bits per heavy atom. The molecular weight excluding hydrogens is 370 g/mol. The smallest absolute Gasteiger partial charge is 0.273 e. The van der Waals surface area contributed by atoms with Gasteiger partial charge in [-0.25, -0.2) is 4.68 Å². The van der Waals surface area contributed by atoms with Crippen LogP contribution in [0.1, 0.15) is 43.6 Å². The first-order valence-corrected chi connectivity index (χ1v) is 10.3. The van der Waals surface area contributed by atoms with Crippen molar-refractivity contribution in [2.75, 3.05) is 26.2 Å². The molecule has 3 heterocycles. The van der Waals surface area contributed by atoms with E-state index >= 15 is 0 Å². The lowest BCUT2D eigenvalue weighted by Gasteiger charge is -2.51. The number of ether oxygens (including phenoxy) is 1. The highest BCUT2D eigenvalue weighted by Gasteiger charge is 2.49. The molecule has 1 spiro atoms. The van der Waals surface area contributed by atoms with E-state index in [0.717, 1.165) is 38.2 Å². The maximum atomic E-state index is 12.7. The zero-order valence-corrected chi connectivity index (χ0v) is 17.0. The van der Waals surface area contributed by atoms with Crippen molar-refractivity contribution in [3.8, 4) is 5.69 Å². The van der Waals surface area contributed by atoms with Gasteiger partial charge in [0.05, 0.1) is 35.7 Å². The summed E-state index contributed by atoms with van der Waals surface area (Å²) in [6.07, 6.45) is 3.91. The summed E-state index contributed by atoms with van der Waals surface area (Å²) in [4.78, 5) is 15.1. The number of benzene rings is 1. The quantitative estimate of drug-likeness (QED) is 0.807. The van der Waals surface area contributed by atoms with E-state index in [2.05, 4.69) is 27.5 Å². The minimum absolute atomic E-state index is 0.209. The lowest BCUT2D eigenvalue weighted by Crippen LogP contribution is -2.63. The Morgan fingerprint density at radius 3 is 2.69 bits per heavy atom. The van der Waals surface area contributed by atoms with Crippen molar-refractivity contribution in [2.24, 2.45) is 0 Å². The fourth-order valence-electron chi connectivity index (χ4n) is 4.37. The van der Waals surface area contributed by atoms with Crippen molar-refractivity contribution in [3.63, 3.8) is 0 Å². The van der Waals surface area contributed by atoms with Crippen molar-refractivity contribution < 1.29 is 14.6 Å². The molecule has 0 radical (unpaired) electrons. The van der Waals surface area contributed by atoms with Gasteiger partial charge >= 0.3 is 0 Å². The van der Waals surface area contributed by atoms with Gasteiger partial charge in [0.2, 0.25) is 0 Å². The lowest BCUT2D eigenvalue weighted by molar-refractivity contribution is -0.185. The molecule has 1 aromatic carbocycles. The van der Waals surface area contributed by atoms with Crippen LogP contribution >= 0.6 is 0 Å². The summed E-state index contributed by atoms with van der Waals surface area (Å²) in [5.41, 5.74) is -0.307. The zero-order chi connectivity index (χ0) is 20.5. The summed E-state index contributed by atoms with van der Waals surface area (Å²) in [7, 11) is 0. The van der Waals surface area contributed by atoms with Crippen LogP contribution in [0.5, 0.6) is 0 Å². The van der Waals surface area contributed by atoms with E-state index in [1.54, 1.807) is 17.8 Å². The normalized spacial score (nSPS) is 27.1. The number of amides is 1. The van der Waals surface area contributed by atoms with Crippen molar-refractivity contribution in [1.82, 2.24) is 25.2 Å². The standard InChI is InChI=1S/C21H29N5O3/c1-3-25-11-9-21(10-12-25)15-20(2,28)18(14-29-21)22-19(27)17-13-26(24-23-17)16-7-5-4-6-8-16/h4-8,13,18,28H,3,9-12,14-15H2,1-2H3,(H,22,27)/t18-,20-/m0/s1. The maximum absolute atomic E-state index is 12.7. The van der Waals surface area contributed by atoms with Gasteiger partial charge in [0, 0.05) is 19.5 Å². The first kappa shape index (κ1) is 20.0. The number of nitrogens with zero attached hydrogens (tertiary/aromatic N) is 4. The summed E-state index contributed by atoms with van der Waals surface area (Å²) in [5, 5.41) is 22.0. The van der Waals surface area contributed by atoms with Gasteiger partial charge in [0.25, 0.3) is 5.91 Å². The van der Waals surface area contributed by atoms with Gasteiger partial charge in [-0.2, -0.15) is 0 Å². The van der Waals surface area contributed by atoms with E-state index < -0.39 is 11.6 Å². The third-order valence-electron chi connectivity index (χ3n) is 6.25. The van der Waals surface area contributed by atoms with Crippen LogP contribution in [0.4, 0.5) is 0 Å².